The zero-order valence-electron chi connectivity index (χ0n) is 13.7. The second kappa shape index (κ2) is 6.38. The van der Waals surface area contributed by atoms with Gasteiger partial charge in [0.05, 0.1) is 13.0 Å². The summed E-state index contributed by atoms with van der Waals surface area (Å²) in [6, 6.07) is 7.35. The number of rotatable bonds is 5. The number of nitrogens with zero attached hydrogens (tertiary/aromatic N) is 1. The van der Waals surface area contributed by atoms with Crippen LogP contribution in [0.1, 0.15) is 33.6 Å². The van der Waals surface area contributed by atoms with Gasteiger partial charge < -0.3 is 15.0 Å². The van der Waals surface area contributed by atoms with E-state index in [1.165, 1.54) is 0 Å². The first-order valence-electron chi connectivity index (χ1n) is 7.62. The lowest BCUT2D eigenvalue weighted by atomic mass is 9.99. The summed E-state index contributed by atoms with van der Waals surface area (Å²) in [6.45, 7) is 6.42. The number of methoxy groups -OCH3 is 1. The first-order valence-corrected chi connectivity index (χ1v) is 7.62. The van der Waals surface area contributed by atoms with E-state index in [0.29, 0.717) is 12.3 Å². The summed E-state index contributed by atoms with van der Waals surface area (Å²) in [5.74, 6) is 0.322. The zero-order chi connectivity index (χ0) is 16.3. The van der Waals surface area contributed by atoms with Crippen molar-refractivity contribution in [2.24, 2.45) is 5.92 Å². The predicted octanol–water partition coefficient (Wildman–Crippen LogP) is 2.35. The van der Waals surface area contributed by atoms with Crippen LogP contribution in [0.5, 0.6) is 5.75 Å². The molecule has 1 aromatic rings. The highest BCUT2D eigenvalue weighted by atomic mass is 16.5. The Morgan fingerprint density at radius 2 is 2.18 bits per heavy atom. The Hall–Kier alpha value is -2.04. The molecule has 22 heavy (non-hydrogen) atoms. The van der Waals surface area contributed by atoms with Crippen LogP contribution in [0.25, 0.3) is 0 Å². The van der Waals surface area contributed by atoms with Crippen molar-refractivity contribution in [3.8, 4) is 5.75 Å². The van der Waals surface area contributed by atoms with Gasteiger partial charge in [-0.1, -0.05) is 13.0 Å². The molecule has 0 aliphatic carbocycles. The Kier molecular flexibility index (Phi) is 4.74. The van der Waals surface area contributed by atoms with Gasteiger partial charge in [0.15, 0.2) is 0 Å². The van der Waals surface area contributed by atoms with Gasteiger partial charge in [-0.2, -0.15) is 0 Å². The molecule has 1 unspecified atom stereocenters. The van der Waals surface area contributed by atoms with Crippen LogP contribution in [-0.2, 0) is 9.59 Å². The van der Waals surface area contributed by atoms with Crippen molar-refractivity contribution < 1.29 is 14.3 Å². The largest absolute Gasteiger partial charge is 0.497 e. The van der Waals surface area contributed by atoms with Gasteiger partial charge in [-0.25, -0.2) is 0 Å². The summed E-state index contributed by atoms with van der Waals surface area (Å²) in [5.41, 5.74) is 0.526. The molecule has 5 nitrogen and oxygen atoms in total. The molecule has 0 radical (unpaired) electrons. The van der Waals surface area contributed by atoms with Gasteiger partial charge >= 0.3 is 0 Å². The first-order chi connectivity index (χ1) is 10.4. The fourth-order valence-corrected chi connectivity index (χ4v) is 2.44. The van der Waals surface area contributed by atoms with E-state index in [1.807, 2.05) is 45.0 Å². The molecule has 0 aromatic heterocycles. The smallest absolute Gasteiger partial charge is 0.227 e. The molecule has 1 saturated heterocycles. The lowest BCUT2D eigenvalue weighted by molar-refractivity contribution is -0.127. The number of hydrogen-bond donors (Lipinski definition) is 1. The van der Waals surface area contributed by atoms with Crippen molar-refractivity contribution in [2.75, 3.05) is 18.6 Å². The van der Waals surface area contributed by atoms with Crippen LogP contribution in [0, 0.1) is 5.92 Å². The predicted molar refractivity (Wildman–Crippen MR) is 86.0 cm³/mol. The second-order valence-corrected chi connectivity index (χ2v) is 6.33. The third-order valence-electron chi connectivity index (χ3n) is 4.21. The molecule has 2 amide bonds. The number of anilines is 1. The maximum Gasteiger partial charge on any atom is 0.227 e. The number of carbonyl (C=O) groups excluding carboxylic acids is 2. The van der Waals surface area contributed by atoms with Gasteiger partial charge in [0, 0.05) is 30.3 Å². The zero-order valence-corrected chi connectivity index (χ0v) is 13.7. The molecule has 0 bridgehead atoms. The summed E-state index contributed by atoms with van der Waals surface area (Å²) in [6.07, 6.45) is 1.10. The maximum atomic E-state index is 12.4. The van der Waals surface area contributed by atoms with Crippen LogP contribution in [0.3, 0.4) is 0 Å². The molecule has 120 valence electrons. The monoisotopic (exact) mass is 304 g/mol. The Labute approximate surface area is 131 Å². The van der Waals surface area contributed by atoms with Crippen LogP contribution in [0.2, 0.25) is 0 Å². The third-order valence-corrected chi connectivity index (χ3v) is 4.21. The molecular weight excluding hydrogens is 280 g/mol. The summed E-state index contributed by atoms with van der Waals surface area (Å²) < 4.78 is 5.19. The van der Waals surface area contributed by atoms with E-state index < -0.39 is 0 Å². The SMILES string of the molecule is CCC(C)(C)NC(=O)C1CC(=O)N(c2cccc(OC)c2)C1. The maximum absolute atomic E-state index is 12.4. The number of hydrogen-bond acceptors (Lipinski definition) is 3. The van der Waals surface area contributed by atoms with E-state index in [-0.39, 0.29) is 29.7 Å². The molecule has 1 aliphatic rings. The number of benzene rings is 1. The van der Waals surface area contributed by atoms with Crippen molar-refractivity contribution in [1.29, 1.82) is 0 Å². The lowest BCUT2D eigenvalue weighted by Gasteiger charge is -2.26. The van der Waals surface area contributed by atoms with Gasteiger partial charge in [0.2, 0.25) is 11.8 Å². The quantitative estimate of drug-likeness (QED) is 0.908. The Balaban J connectivity index is 2.09. The average Bonchev–Trinajstić information content (AvgIpc) is 2.89. The number of ether oxygens (including phenoxy) is 1. The van der Waals surface area contributed by atoms with E-state index in [9.17, 15) is 9.59 Å². The molecular formula is C17H24N2O3. The minimum atomic E-state index is -0.301. The van der Waals surface area contributed by atoms with Crippen LogP contribution < -0.4 is 15.0 Å². The second-order valence-electron chi connectivity index (χ2n) is 6.33. The Bertz CT molecular complexity index is 569. The fraction of sp³-hybridized carbons (Fsp3) is 0.529. The molecule has 1 fully saturated rings. The van der Waals surface area contributed by atoms with Crippen LogP contribution in [0.15, 0.2) is 24.3 Å². The van der Waals surface area contributed by atoms with Gasteiger partial charge in [-0.15, -0.1) is 0 Å². The fourth-order valence-electron chi connectivity index (χ4n) is 2.44. The van der Waals surface area contributed by atoms with Crippen molar-refractivity contribution in [2.45, 2.75) is 39.2 Å². The number of nitrogens with one attached hydrogen (secondary N) is 1. The first kappa shape index (κ1) is 16.3. The van der Waals surface area contributed by atoms with Crippen molar-refractivity contribution >= 4 is 17.5 Å². The molecule has 1 aromatic carbocycles. The molecule has 0 saturated carbocycles. The van der Waals surface area contributed by atoms with Gasteiger partial charge in [-0.05, 0) is 32.4 Å². The lowest BCUT2D eigenvalue weighted by Crippen LogP contribution is -2.46. The molecule has 1 heterocycles. The standard InChI is InChI=1S/C17H24N2O3/c1-5-17(2,3)18-16(21)12-9-15(20)19(11-12)13-7-6-8-14(10-13)22-4/h6-8,10,12H,5,9,11H2,1-4H3,(H,18,21). The number of amides is 2. The van der Waals surface area contributed by atoms with Gasteiger partial charge in [-0.3, -0.25) is 9.59 Å². The molecule has 5 heteroatoms. The minimum Gasteiger partial charge on any atom is -0.497 e. The van der Waals surface area contributed by atoms with E-state index in [0.717, 1.165) is 12.1 Å². The number of carbonyl (C=O) groups is 2. The van der Waals surface area contributed by atoms with Gasteiger partial charge in [0.1, 0.15) is 5.75 Å². The van der Waals surface area contributed by atoms with Crippen molar-refractivity contribution in [3.05, 3.63) is 24.3 Å². The average molecular weight is 304 g/mol. The van der Waals surface area contributed by atoms with Crippen LogP contribution in [-0.4, -0.2) is 31.0 Å². The molecule has 2 rings (SSSR count). The third kappa shape index (κ3) is 3.59. The van der Waals surface area contributed by atoms with Crippen LogP contribution in [0.4, 0.5) is 5.69 Å². The highest BCUT2D eigenvalue weighted by Crippen LogP contribution is 2.28. The normalized spacial score (nSPS) is 18.5. The summed E-state index contributed by atoms with van der Waals surface area (Å²) in [7, 11) is 1.59. The van der Waals surface area contributed by atoms with E-state index in [2.05, 4.69) is 5.32 Å². The Morgan fingerprint density at radius 1 is 1.45 bits per heavy atom. The van der Waals surface area contributed by atoms with E-state index in [1.54, 1.807) is 12.0 Å². The van der Waals surface area contributed by atoms with Crippen molar-refractivity contribution in [3.63, 3.8) is 0 Å². The van der Waals surface area contributed by atoms with E-state index >= 15 is 0 Å². The van der Waals surface area contributed by atoms with Gasteiger partial charge in [0.25, 0.3) is 0 Å². The van der Waals surface area contributed by atoms with Crippen molar-refractivity contribution in [1.82, 2.24) is 5.32 Å². The summed E-state index contributed by atoms with van der Waals surface area (Å²) >= 11 is 0. The minimum absolute atomic E-state index is 0.0253. The molecule has 1 N–H and O–H groups in total. The molecule has 1 atom stereocenters. The summed E-state index contributed by atoms with van der Waals surface area (Å²) in [5, 5.41) is 3.02. The molecule has 1 aliphatic heterocycles. The summed E-state index contributed by atoms with van der Waals surface area (Å²) in [4.78, 5) is 26.2. The Morgan fingerprint density at radius 3 is 2.82 bits per heavy atom. The highest BCUT2D eigenvalue weighted by Gasteiger charge is 2.36. The topological polar surface area (TPSA) is 58.6 Å². The molecule has 0 spiro atoms. The highest BCUT2D eigenvalue weighted by molar-refractivity contribution is 6.00. The van der Waals surface area contributed by atoms with E-state index in [4.69, 9.17) is 4.74 Å². The van der Waals surface area contributed by atoms with Crippen LogP contribution >= 0.6 is 0 Å².